The molecular weight excluding hydrogens is 160 g/mol. The number of aromatic hydroxyl groups is 2. The summed E-state index contributed by atoms with van der Waals surface area (Å²) in [6.07, 6.45) is 0.717. The molecule has 0 aliphatic carbocycles. The Morgan fingerprint density at radius 3 is 2.55 bits per heavy atom. The van der Waals surface area contributed by atoms with Crippen LogP contribution in [-0.2, 0) is 6.42 Å². The van der Waals surface area contributed by atoms with Gasteiger partial charge in [-0.15, -0.1) is 0 Å². The second-order valence-electron chi connectivity index (χ2n) is 2.29. The summed E-state index contributed by atoms with van der Waals surface area (Å²) in [5, 5.41) is 18.2. The minimum absolute atomic E-state index is 0.0883. The minimum atomic E-state index is 0.0883. The predicted molar refractivity (Wildman–Crippen MR) is 47.3 cm³/mol. The molecule has 1 aromatic rings. The quantitative estimate of drug-likeness (QED) is 0.590. The van der Waals surface area contributed by atoms with Crippen LogP contribution in [0.15, 0.2) is 18.2 Å². The fraction of sp³-hybridized carbons (Fsp3) is 0.250. The highest BCUT2D eigenvalue weighted by atomic mass is 32.1. The van der Waals surface area contributed by atoms with Gasteiger partial charge in [0.25, 0.3) is 0 Å². The lowest BCUT2D eigenvalue weighted by molar-refractivity contribution is 0.446. The molecule has 0 radical (unpaired) electrons. The summed E-state index contributed by atoms with van der Waals surface area (Å²) in [7, 11) is 0. The first-order valence-electron chi connectivity index (χ1n) is 3.36. The van der Waals surface area contributed by atoms with Crippen LogP contribution in [0.5, 0.6) is 11.5 Å². The van der Waals surface area contributed by atoms with E-state index in [1.54, 1.807) is 12.1 Å². The van der Waals surface area contributed by atoms with Crippen molar-refractivity contribution in [3.05, 3.63) is 23.8 Å². The Balaban J connectivity index is 2.90. The Morgan fingerprint density at radius 1 is 1.27 bits per heavy atom. The van der Waals surface area contributed by atoms with Crippen LogP contribution < -0.4 is 0 Å². The third kappa shape index (κ3) is 2.05. The molecule has 0 heterocycles. The van der Waals surface area contributed by atoms with Crippen molar-refractivity contribution in [3.8, 4) is 11.5 Å². The molecule has 0 atom stereocenters. The van der Waals surface area contributed by atoms with Crippen molar-refractivity contribution in [1.82, 2.24) is 0 Å². The van der Waals surface area contributed by atoms with Gasteiger partial charge in [-0.05, 0) is 23.8 Å². The number of hydrogen-bond acceptors (Lipinski definition) is 3. The first kappa shape index (κ1) is 8.27. The van der Waals surface area contributed by atoms with Gasteiger partial charge in [0.1, 0.15) is 11.5 Å². The molecule has 0 fully saturated rings. The van der Waals surface area contributed by atoms with Crippen LogP contribution in [0.3, 0.4) is 0 Å². The summed E-state index contributed by atoms with van der Waals surface area (Å²) in [6, 6.07) is 4.58. The van der Waals surface area contributed by atoms with Crippen molar-refractivity contribution in [2.75, 3.05) is 5.75 Å². The van der Waals surface area contributed by atoms with Crippen LogP contribution in [0.1, 0.15) is 5.56 Å². The summed E-state index contributed by atoms with van der Waals surface area (Å²) in [6.45, 7) is 0. The third-order valence-electron chi connectivity index (χ3n) is 1.45. The van der Waals surface area contributed by atoms with Crippen molar-refractivity contribution in [1.29, 1.82) is 0 Å². The Morgan fingerprint density at radius 2 is 2.00 bits per heavy atom. The van der Waals surface area contributed by atoms with Crippen molar-refractivity contribution in [3.63, 3.8) is 0 Å². The van der Waals surface area contributed by atoms with Crippen molar-refractivity contribution in [2.45, 2.75) is 6.42 Å². The highest BCUT2D eigenvalue weighted by Crippen LogP contribution is 2.22. The summed E-state index contributed by atoms with van der Waals surface area (Å²) >= 11 is 4.03. The van der Waals surface area contributed by atoms with Gasteiger partial charge in [0.2, 0.25) is 0 Å². The number of phenolic OH excluding ortho intramolecular Hbond substituents is 2. The minimum Gasteiger partial charge on any atom is -0.508 e. The first-order chi connectivity index (χ1) is 5.24. The van der Waals surface area contributed by atoms with Crippen molar-refractivity contribution < 1.29 is 10.2 Å². The lowest BCUT2D eigenvalue weighted by atomic mass is 10.1. The molecule has 2 nitrogen and oxygen atoms in total. The molecule has 2 N–H and O–H groups in total. The lowest BCUT2D eigenvalue weighted by Gasteiger charge is -2.01. The fourth-order valence-electron chi connectivity index (χ4n) is 0.884. The average molecular weight is 170 g/mol. The number of hydrogen-bond donors (Lipinski definition) is 3. The molecule has 0 aromatic heterocycles. The molecule has 0 amide bonds. The maximum absolute atomic E-state index is 9.23. The van der Waals surface area contributed by atoms with E-state index in [1.807, 2.05) is 0 Å². The molecule has 0 unspecified atom stereocenters. The van der Waals surface area contributed by atoms with E-state index in [1.165, 1.54) is 6.07 Å². The van der Waals surface area contributed by atoms with E-state index in [0.717, 1.165) is 12.0 Å². The van der Waals surface area contributed by atoms with Crippen LogP contribution in [0.4, 0.5) is 0 Å². The molecule has 11 heavy (non-hydrogen) atoms. The van der Waals surface area contributed by atoms with Gasteiger partial charge in [-0.2, -0.15) is 12.6 Å². The highest BCUT2D eigenvalue weighted by Gasteiger charge is 1.99. The van der Waals surface area contributed by atoms with Gasteiger partial charge in [-0.1, -0.05) is 6.07 Å². The number of benzene rings is 1. The van der Waals surface area contributed by atoms with E-state index >= 15 is 0 Å². The molecule has 1 aromatic carbocycles. The molecule has 1 rings (SSSR count). The smallest absolute Gasteiger partial charge is 0.122 e. The van der Waals surface area contributed by atoms with Gasteiger partial charge in [0.05, 0.1) is 0 Å². The second kappa shape index (κ2) is 3.53. The summed E-state index contributed by atoms with van der Waals surface area (Å²) in [4.78, 5) is 0. The normalized spacial score (nSPS) is 9.91. The first-order valence-corrected chi connectivity index (χ1v) is 3.99. The summed E-state index contributed by atoms with van der Waals surface area (Å²) in [5.74, 6) is 0.919. The standard InChI is InChI=1S/C8H10O2S/c9-7-2-1-6(3-4-11)8(10)5-7/h1-2,5,9-11H,3-4H2. The van der Waals surface area contributed by atoms with Gasteiger partial charge >= 0.3 is 0 Å². The van der Waals surface area contributed by atoms with Crippen LogP contribution >= 0.6 is 12.6 Å². The SMILES string of the molecule is Oc1ccc(CCS)c(O)c1. The lowest BCUT2D eigenvalue weighted by Crippen LogP contribution is -1.85. The van der Waals surface area contributed by atoms with E-state index in [2.05, 4.69) is 12.6 Å². The molecular formula is C8H10O2S. The van der Waals surface area contributed by atoms with E-state index < -0.39 is 0 Å². The van der Waals surface area contributed by atoms with Gasteiger partial charge in [0.15, 0.2) is 0 Å². The van der Waals surface area contributed by atoms with Crippen LogP contribution in [0.25, 0.3) is 0 Å². The molecule has 0 saturated heterocycles. The third-order valence-corrected chi connectivity index (χ3v) is 1.67. The molecule has 0 spiro atoms. The number of thiol groups is 1. The molecule has 3 heteroatoms. The number of phenols is 2. The summed E-state index contributed by atoms with van der Waals surface area (Å²) < 4.78 is 0. The second-order valence-corrected chi connectivity index (χ2v) is 2.73. The maximum Gasteiger partial charge on any atom is 0.122 e. The Kier molecular flexibility index (Phi) is 2.65. The maximum atomic E-state index is 9.23. The topological polar surface area (TPSA) is 40.5 Å². The Bertz CT molecular complexity index is 248. The molecule has 0 saturated carbocycles. The van der Waals surface area contributed by atoms with E-state index in [9.17, 15) is 5.11 Å². The van der Waals surface area contributed by atoms with Crippen LogP contribution in [-0.4, -0.2) is 16.0 Å². The zero-order chi connectivity index (χ0) is 8.27. The van der Waals surface area contributed by atoms with Crippen LogP contribution in [0.2, 0.25) is 0 Å². The fourth-order valence-corrected chi connectivity index (χ4v) is 1.12. The number of aryl methyl sites for hydroxylation is 1. The Labute approximate surface area is 70.9 Å². The van der Waals surface area contributed by atoms with Crippen LogP contribution in [0, 0.1) is 0 Å². The van der Waals surface area contributed by atoms with E-state index in [0.29, 0.717) is 5.75 Å². The largest absolute Gasteiger partial charge is 0.508 e. The number of rotatable bonds is 2. The summed E-state index contributed by atoms with van der Waals surface area (Å²) in [5.41, 5.74) is 0.817. The molecule has 0 aliphatic rings. The molecule has 0 aliphatic heterocycles. The monoisotopic (exact) mass is 170 g/mol. The Hall–Kier alpha value is -0.830. The highest BCUT2D eigenvalue weighted by molar-refractivity contribution is 7.80. The predicted octanol–water partition coefficient (Wildman–Crippen LogP) is 1.57. The van der Waals surface area contributed by atoms with E-state index in [4.69, 9.17) is 5.11 Å². The molecule has 0 bridgehead atoms. The molecule has 60 valence electrons. The van der Waals surface area contributed by atoms with Crippen molar-refractivity contribution in [2.24, 2.45) is 0 Å². The zero-order valence-corrected chi connectivity index (χ0v) is 6.88. The van der Waals surface area contributed by atoms with Crippen molar-refractivity contribution >= 4 is 12.6 Å². The van der Waals surface area contributed by atoms with Gasteiger partial charge in [0, 0.05) is 6.07 Å². The zero-order valence-electron chi connectivity index (χ0n) is 5.99. The van der Waals surface area contributed by atoms with E-state index in [-0.39, 0.29) is 11.5 Å². The average Bonchev–Trinajstić information content (AvgIpc) is 1.95. The van der Waals surface area contributed by atoms with Gasteiger partial charge in [-0.25, -0.2) is 0 Å². The van der Waals surface area contributed by atoms with Gasteiger partial charge in [-0.3, -0.25) is 0 Å². The van der Waals surface area contributed by atoms with Gasteiger partial charge < -0.3 is 10.2 Å².